The van der Waals surface area contributed by atoms with Crippen molar-refractivity contribution < 1.29 is 22.4 Å². The summed E-state index contributed by atoms with van der Waals surface area (Å²) in [5, 5.41) is 3.35. The van der Waals surface area contributed by atoms with Crippen LogP contribution in [0.25, 0.3) is 0 Å². The van der Waals surface area contributed by atoms with Gasteiger partial charge >= 0.3 is 0 Å². The molecule has 0 aliphatic rings. The fourth-order valence-corrected chi connectivity index (χ4v) is 4.28. The Hall–Kier alpha value is -2.65. The number of benzene rings is 2. The van der Waals surface area contributed by atoms with E-state index in [1.54, 1.807) is 31.2 Å². The van der Waals surface area contributed by atoms with Crippen molar-refractivity contribution in [2.75, 3.05) is 17.1 Å². The third-order valence-corrected chi connectivity index (χ3v) is 6.27. The van der Waals surface area contributed by atoms with Crippen LogP contribution in [0.3, 0.4) is 0 Å². The highest BCUT2D eigenvalue weighted by molar-refractivity contribution is 7.92. The van der Waals surface area contributed by atoms with Gasteiger partial charge in [-0.3, -0.25) is 13.9 Å². The molecule has 0 aliphatic carbocycles. The summed E-state index contributed by atoms with van der Waals surface area (Å²) < 4.78 is 39.2. The summed E-state index contributed by atoms with van der Waals surface area (Å²) in [5.41, 5.74) is 0.884. The lowest BCUT2D eigenvalue weighted by molar-refractivity contribution is -0.140. The fourth-order valence-electron chi connectivity index (χ4n) is 3.31. The third kappa shape index (κ3) is 7.71. The van der Waals surface area contributed by atoms with Crippen LogP contribution in [0.2, 0.25) is 5.02 Å². The summed E-state index contributed by atoms with van der Waals surface area (Å²) in [6.45, 7) is 4.96. The number of carbonyl (C=O) groups is 2. The molecule has 0 fully saturated rings. The van der Waals surface area contributed by atoms with Gasteiger partial charge in [0.15, 0.2) is 0 Å². The first-order valence-corrected chi connectivity index (χ1v) is 12.7. The average Bonchev–Trinajstić information content (AvgIpc) is 2.72. The number of nitrogens with one attached hydrogen (secondary N) is 1. The molecule has 1 N–H and O–H groups in total. The van der Waals surface area contributed by atoms with E-state index in [4.69, 9.17) is 11.6 Å². The van der Waals surface area contributed by atoms with E-state index < -0.39 is 34.3 Å². The van der Waals surface area contributed by atoms with Crippen molar-refractivity contribution >= 4 is 39.1 Å². The minimum atomic E-state index is -3.86. The van der Waals surface area contributed by atoms with Crippen LogP contribution in [0, 0.1) is 5.82 Å². The van der Waals surface area contributed by atoms with Gasteiger partial charge in [0.2, 0.25) is 21.8 Å². The average molecular weight is 498 g/mol. The Morgan fingerprint density at radius 2 is 1.64 bits per heavy atom. The molecule has 2 aromatic carbocycles. The number of sulfonamides is 1. The van der Waals surface area contributed by atoms with Crippen LogP contribution in [0.1, 0.15) is 32.8 Å². The molecule has 1 atom stereocenters. The second kappa shape index (κ2) is 11.5. The van der Waals surface area contributed by atoms with Gasteiger partial charge < -0.3 is 10.2 Å². The third-order valence-electron chi connectivity index (χ3n) is 4.88. The molecule has 2 rings (SSSR count). The number of halogens is 2. The van der Waals surface area contributed by atoms with Gasteiger partial charge in [0, 0.05) is 17.6 Å². The number of amides is 2. The predicted octanol–water partition coefficient (Wildman–Crippen LogP) is 3.58. The summed E-state index contributed by atoms with van der Waals surface area (Å²) in [7, 11) is -3.86. The van der Waals surface area contributed by atoms with Crippen molar-refractivity contribution in [1.29, 1.82) is 0 Å². The first-order valence-electron chi connectivity index (χ1n) is 10.5. The maximum Gasteiger partial charge on any atom is 0.244 e. The number of hydrogen-bond acceptors (Lipinski definition) is 4. The number of anilines is 1. The molecule has 0 aromatic heterocycles. The molecule has 0 unspecified atom stereocenters. The summed E-state index contributed by atoms with van der Waals surface area (Å²) in [5.74, 6) is -1.42. The normalized spacial score (nSPS) is 12.3. The maximum atomic E-state index is 13.4. The van der Waals surface area contributed by atoms with E-state index >= 15 is 0 Å². The molecule has 2 amide bonds. The Kier molecular flexibility index (Phi) is 9.25. The number of nitrogens with zero attached hydrogens (tertiary/aromatic N) is 2. The van der Waals surface area contributed by atoms with Crippen LogP contribution in [-0.4, -0.2) is 50.0 Å². The minimum absolute atomic E-state index is 0.0844. The molecule has 0 spiro atoms. The predicted molar refractivity (Wildman–Crippen MR) is 128 cm³/mol. The van der Waals surface area contributed by atoms with Gasteiger partial charge in [-0.15, -0.1) is 0 Å². The lowest BCUT2D eigenvalue weighted by Crippen LogP contribution is -2.53. The molecule has 0 bridgehead atoms. The van der Waals surface area contributed by atoms with Crippen LogP contribution >= 0.6 is 11.6 Å². The Balaban J connectivity index is 2.42. The molecule has 2 aromatic rings. The van der Waals surface area contributed by atoms with Gasteiger partial charge in [0.25, 0.3) is 0 Å². The van der Waals surface area contributed by atoms with E-state index in [1.165, 1.54) is 17.0 Å². The van der Waals surface area contributed by atoms with Gasteiger partial charge in [0.1, 0.15) is 18.4 Å². The highest BCUT2D eigenvalue weighted by Gasteiger charge is 2.31. The molecule has 10 heteroatoms. The highest BCUT2D eigenvalue weighted by Crippen LogP contribution is 2.20. The molecule has 0 saturated heterocycles. The summed E-state index contributed by atoms with van der Waals surface area (Å²) in [6, 6.07) is 10.7. The molecular formula is C23H29ClFN3O4S. The summed E-state index contributed by atoms with van der Waals surface area (Å²) in [4.78, 5) is 27.7. The SMILES string of the molecule is CC[C@@H](C(=O)NC(C)C)N(Cc1ccc(Cl)cc1)C(=O)CN(c1ccc(F)cc1)S(C)(=O)=O. The van der Waals surface area contributed by atoms with Crippen molar-refractivity contribution in [3.63, 3.8) is 0 Å². The van der Waals surface area contributed by atoms with Crippen molar-refractivity contribution in [3.8, 4) is 0 Å². The second-order valence-electron chi connectivity index (χ2n) is 7.98. The molecule has 7 nitrogen and oxygen atoms in total. The smallest absolute Gasteiger partial charge is 0.244 e. The zero-order chi connectivity index (χ0) is 24.8. The van der Waals surface area contributed by atoms with Crippen molar-refractivity contribution in [1.82, 2.24) is 10.2 Å². The quantitative estimate of drug-likeness (QED) is 0.543. The molecule has 180 valence electrons. The van der Waals surface area contributed by atoms with Crippen LogP contribution in [-0.2, 0) is 26.2 Å². The molecule has 0 heterocycles. The van der Waals surface area contributed by atoms with Gasteiger partial charge in [0.05, 0.1) is 11.9 Å². The summed E-state index contributed by atoms with van der Waals surface area (Å²) in [6.07, 6.45) is 1.29. The first kappa shape index (κ1) is 26.6. The van der Waals surface area contributed by atoms with Crippen LogP contribution < -0.4 is 9.62 Å². The van der Waals surface area contributed by atoms with E-state index in [9.17, 15) is 22.4 Å². The van der Waals surface area contributed by atoms with Gasteiger partial charge in [-0.2, -0.15) is 0 Å². The van der Waals surface area contributed by atoms with Crippen molar-refractivity contribution in [2.24, 2.45) is 0 Å². The fraction of sp³-hybridized carbons (Fsp3) is 0.391. The van der Waals surface area contributed by atoms with Crippen LogP contribution in [0.15, 0.2) is 48.5 Å². The monoisotopic (exact) mass is 497 g/mol. The van der Waals surface area contributed by atoms with Crippen molar-refractivity contribution in [2.45, 2.75) is 45.8 Å². The van der Waals surface area contributed by atoms with Gasteiger partial charge in [-0.05, 0) is 62.2 Å². The molecule has 33 heavy (non-hydrogen) atoms. The van der Waals surface area contributed by atoms with E-state index in [-0.39, 0.29) is 24.2 Å². The zero-order valence-corrected chi connectivity index (χ0v) is 20.7. The second-order valence-corrected chi connectivity index (χ2v) is 10.3. The standard InChI is InChI=1S/C23H29ClFN3O4S/c1-5-21(23(30)26-16(2)3)27(14-17-6-8-18(24)9-7-17)22(29)15-28(33(4,31)32)20-12-10-19(25)11-13-20/h6-13,16,21H,5,14-15H2,1-4H3,(H,26,30)/t21-/m0/s1. The highest BCUT2D eigenvalue weighted by atomic mass is 35.5. The van der Waals surface area contributed by atoms with Crippen LogP contribution in [0.4, 0.5) is 10.1 Å². The largest absolute Gasteiger partial charge is 0.352 e. The minimum Gasteiger partial charge on any atom is -0.352 e. The maximum absolute atomic E-state index is 13.4. The Bertz CT molecular complexity index is 1060. The molecular weight excluding hydrogens is 469 g/mol. The van der Waals surface area contributed by atoms with E-state index in [2.05, 4.69) is 5.32 Å². The van der Waals surface area contributed by atoms with E-state index in [0.717, 1.165) is 28.3 Å². The van der Waals surface area contributed by atoms with Crippen LogP contribution in [0.5, 0.6) is 0 Å². The molecule has 0 radical (unpaired) electrons. The zero-order valence-electron chi connectivity index (χ0n) is 19.1. The number of rotatable bonds is 10. The lowest BCUT2D eigenvalue weighted by Gasteiger charge is -2.33. The first-order chi connectivity index (χ1) is 15.4. The van der Waals surface area contributed by atoms with Gasteiger partial charge in [-0.25, -0.2) is 12.8 Å². The van der Waals surface area contributed by atoms with E-state index in [0.29, 0.717) is 11.4 Å². The van der Waals surface area contributed by atoms with Crippen molar-refractivity contribution in [3.05, 3.63) is 64.9 Å². The van der Waals surface area contributed by atoms with E-state index in [1.807, 2.05) is 13.8 Å². The molecule has 0 saturated carbocycles. The molecule has 0 aliphatic heterocycles. The Morgan fingerprint density at radius 3 is 2.12 bits per heavy atom. The summed E-state index contributed by atoms with van der Waals surface area (Å²) >= 11 is 5.96. The van der Waals surface area contributed by atoms with Gasteiger partial charge in [-0.1, -0.05) is 30.7 Å². The Morgan fingerprint density at radius 1 is 1.06 bits per heavy atom. The Labute approximate surface area is 199 Å². The lowest BCUT2D eigenvalue weighted by atomic mass is 10.1. The number of hydrogen-bond donors (Lipinski definition) is 1. The topological polar surface area (TPSA) is 86.8 Å². The number of carbonyl (C=O) groups excluding carboxylic acids is 2.